The number of nitrogens with zero attached hydrogens (tertiary/aromatic N) is 3. The minimum absolute atomic E-state index is 0.0891. The number of thiophene rings is 1. The van der Waals surface area contributed by atoms with Gasteiger partial charge in [-0.1, -0.05) is 43.3 Å². The highest BCUT2D eigenvalue weighted by Gasteiger charge is 2.16. The number of aliphatic hydroxyl groups is 2. The zero-order chi connectivity index (χ0) is 23.1. The minimum atomic E-state index is -0.735. The Morgan fingerprint density at radius 3 is 2.62 bits per heavy atom. The van der Waals surface area contributed by atoms with Crippen molar-refractivity contribution in [1.82, 2.24) is 20.4 Å². The molecule has 1 atom stereocenters. The van der Waals surface area contributed by atoms with Crippen LogP contribution in [0.5, 0.6) is 0 Å². The quantitative estimate of drug-likeness (QED) is 0.405. The molecule has 8 nitrogen and oxygen atoms in total. The van der Waals surface area contributed by atoms with E-state index in [0.29, 0.717) is 18.1 Å². The lowest BCUT2D eigenvalue weighted by molar-refractivity contribution is -0.124. The van der Waals surface area contributed by atoms with E-state index in [1.807, 2.05) is 24.3 Å². The average Bonchev–Trinajstić information content (AvgIpc) is 3.43. The molecule has 0 radical (unpaired) electrons. The Kier molecular flexibility index (Phi) is 8.52. The molecule has 32 heavy (non-hydrogen) atoms. The summed E-state index contributed by atoms with van der Waals surface area (Å²) in [5.41, 5.74) is 2.97. The van der Waals surface area contributed by atoms with E-state index in [1.54, 1.807) is 11.3 Å². The zero-order valence-electron chi connectivity index (χ0n) is 18.7. The van der Waals surface area contributed by atoms with Crippen LogP contribution >= 0.6 is 11.3 Å². The van der Waals surface area contributed by atoms with Crippen LogP contribution in [0, 0.1) is 6.92 Å². The van der Waals surface area contributed by atoms with E-state index in [4.69, 9.17) is 9.63 Å². The molecule has 172 valence electrons. The molecule has 0 fully saturated rings. The Hall–Kier alpha value is -2.59. The highest BCUT2D eigenvalue weighted by Crippen LogP contribution is 2.32. The number of hydrogen-bond donors (Lipinski definition) is 3. The van der Waals surface area contributed by atoms with Gasteiger partial charge < -0.3 is 20.1 Å². The molecule has 2 aromatic heterocycles. The van der Waals surface area contributed by atoms with Gasteiger partial charge in [0.05, 0.1) is 11.0 Å². The molecule has 9 heteroatoms. The fraction of sp³-hybridized carbons (Fsp3) is 0.435. The van der Waals surface area contributed by atoms with Gasteiger partial charge in [0.15, 0.2) is 0 Å². The van der Waals surface area contributed by atoms with Gasteiger partial charge in [0.25, 0.3) is 5.89 Å². The second-order valence-corrected chi connectivity index (χ2v) is 8.76. The third-order valence-electron chi connectivity index (χ3n) is 5.28. The number of aryl methyl sites for hydroxylation is 1. The summed E-state index contributed by atoms with van der Waals surface area (Å²) in [5.74, 6) is 0.519. The normalized spacial score (nSPS) is 12.3. The Bertz CT molecular complexity index is 1010. The highest BCUT2D eigenvalue weighted by atomic mass is 32.1. The van der Waals surface area contributed by atoms with E-state index >= 15 is 0 Å². The van der Waals surface area contributed by atoms with E-state index < -0.39 is 18.6 Å². The number of rotatable bonds is 11. The van der Waals surface area contributed by atoms with Crippen molar-refractivity contribution in [3.05, 3.63) is 46.3 Å². The van der Waals surface area contributed by atoms with Gasteiger partial charge in [-0.25, -0.2) is 0 Å². The predicted octanol–water partition coefficient (Wildman–Crippen LogP) is 2.63. The summed E-state index contributed by atoms with van der Waals surface area (Å²) < 4.78 is 5.53. The molecule has 0 spiro atoms. The summed E-state index contributed by atoms with van der Waals surface area (Å²) in [6, 6.07) is 9.64. The fourth-order valence-corrected chi connectivity index (χ4v) is 4.43. The molecule has 2 heterocycles. The first-order valence-electron chi connectivity index (χ1n) is 10.7. The highest BCUT2D eigenvalue weighted by molar-refractivity contribution is 7.15. The molecule has 3 rings (SSSR count). The molecule has 1 aromatic carbocycles. The molecule has 3 aromatic rings. The fourth-order valence-electron chi connectivity index (χ4n) is 3.30. The van der Waals surface area contributed by atoms with Gasteiger partial charge in [-0.15, -0.1) is 11.3 Å². The van der Waals surface area contributed by atoms with Crippen molar-refractivity contribution in [2.75, 3.05) is 26.2 Å². The molecule has 0 saturated carbocycles. The first kappa shape index (κ1) is 24.1. The van der Waals surface area contributed by atoms with Crippen LogP contribution in [0.25, 0.3) is 22.2 Å². The second-order valence-electron chi connectivity index (χ2n) is 7.62. The van der Waals surface area contributed by atoms with Gasteiger partial charge in [0.2, 0.25) is 11.7 Å². The van der Waals surface area contributed by atoms with E-state index in [1.165, 1.54) is 10.4 Å². The zero-order valence-corrected chi connectivity index (χ0v) is 19.5. The van der Waals surface area contributed by atoms with Gasteiger partial charge in [0.1, 0.15) is 6.61 Å². The van der Waals surface area contributed by atoms with Gasteiger partial charge in [-0.05, 0) is 37.2 Å². The summed E-state index contributed by atoms with van der Waals surface area (Å²) in [6.45, 7) is 8.89. The molecule has 0 aliphatic heterocycles. The molecule has 0 aliphatic rings. The summed E-state index contributed by atoms with van der Waals surface area (Å²) in [7, 11) is 0. The van der Waals surface area contributed by atoms with Crippen LogP contribution in [0.4, 0.5) is 0 Å². The maximum Gasteiger partial charge on any atom is 0.268 e. The molecule has 1 amide bonds. The van der Waals surface area contributed by atoms with Crippen molar-refractivity contribution >= 4 is 17.2 Å². The smallest absolute Gasteiger partial charge is 0.268 e. The van der Waals surface area contributed by atoms with Crippen LogP contribution in [0.2, 0.25) is 0 Å². The molecule has 0 aliphatic carbocycles. The third-order valence-corrected chi connectivity index (χ3v) is 6.49. The van der Waals surface area contributed by atoms with Crippen LogP contribution in [0.3, 0.4) is 0 Å². The first-order chi connectivity index (χ1) is 15.4. The third kappa shape index (κ3) is 6.23. The number of hydrogen-bond acceptors (Lipinski definition) is 8. The van der Waals surface area contributed by atoms with Crippen LogP contribution < -0.4 is 5.32 Å². The van der Waals surface area contributed by atoms with Crippen LogP contribution in [-0.2, 0) is 17.8 Å². The number of nitrogens with one attached hydrogen (secondary N) is 1. The van der Waals surface area contributed by atoms with E-state index in [0.717, 1.165) is 35.6 Å². The van der Waals surface area contributed by atoms with Crippen LogP contribution in [-0.4, -0.2) is 63.5 Å². The van der Waals surface area contributed by atoms with E-state index in [9.17, 15) is 9.90 Å². The van der Waals surface area contributed by atoms with Crippen molar-refractivity contribution in [3.63, 3.8) is 0 Å². The summed E-state index contributed by atoms with van der Waals surface area (Å²) in [4.78, 5) is 20.3. The molecule has 0 bridgehead atoms. The topological polar surface area (TPSA) is 112 Å². The van der Waals surface area contributed by atoms with Crippen LogP contribution in [0.1, 0.15) is 29.9 Å². The van der Waals surface area contributed by atoms with Crippen molar-refractivity contribution in [3.8, 4) is 22.2 Å². The Morgan fingerprint density at radius 1 is 1.25 bits per heavy atom. The Labute approximate surface area is 191 Å². The molecule has 3 N–H and O–H groups in total. The van der Waals surface area contributed by atoms with Gasteiger partial charge in [-0.3, -0.25) is 9.69 Å². The number of aliphatic hydroxyl groups excluding tert-OH is 2. The predicted molar refractivity (Wildman–Crippen MR) is 124 cm³/mol. The Balaban J connectivity index is 1.65. The lowest BCUT2D eigenvalue weighted by Gasteiger charge is -2.17. The number of aromatic nitrogens is 2. The first-order valence-corrected chi connectivity index (χ1v) is 11.6. The van der Waals surface area contributed by atoms with Crippen molar-refractivity contribution in [2.45, 2.75) is 39.8 Å². The lowest BCUT2D eigenvalue weighted by Crippen LogP contribution is -2.34. The van der Waals surface area contributed by atoms with Gasteiger partial charge in [-0.2, -0.15) is 4.98 Å². The average molecular weight is 459 g/mol. The molecular weight excluding hydrogens is 428 g/mol. The summed E-state index contributed by atoms with van der Waals surface area (Å²) >= 11 is 1.69. The van der Waals surface area contributed by atoms with Gasteiger partial charge >= 0.3 is 0 Å². The van der Waals surface area contributed by atoms with Crippen LogP contribution in [0.15, 0.2) is 34.9 Å². The largest absolute Gasteiger partial charge is 0.391 e. The maximum atomic E-state index is 11.1. The molecule has 1 unspecified atom stereocenters. The maximum absolute atomic E-state index is 11.1. The SMILES string of the molecule is CCN(CC)Cc1sc(-c2nc(-c3ccc(CC(O)CNC(=O)CO)cc3)no2)cc1C. The van der Waals surface area contributed by atoms with E-state index in [-0.39, 0.29) is 6.54 Å². The van der Waals surface area contributed by atoms with Crippen molar-refractivity contribution < 1.29 is 19.5 Å². The van der Waals surface area contributed by atoms with Gasteiger partial charge in [0, 0.05) is 30.0 Å². The number of amides is 1. The van der Waals surface area contributed by atoms with E-state index in [2.05, 4.69) is 47.2 Å². The number of benzene rings is 1. The standard InChI is InChI=1S/C23H30N4O4S/c1-4-27(5-2)13-20-15(3)10-19(32-20)23-25-22(26-31-23)17-8-6-16(7-9-17)11-18(29)12-24-21(30)14-28/h6-10,18,28-29H,4-5,11-14H2,1-3H3,(H,24,30). The van der Waals surface area contributed by atoms with Crippen molar-refractivity contribution in [2.24, 2.45) is 0 Å². The Morgan fingerprint density at radius 2 is 1.97 bits per heavy atom. The number of carbonyl (C=O) groups excluding carboxylic acids is 1. The molecular formula is C23H30N4O4S. The molecule has 0 saturated heterocycles. The number of carbonyl (C=O) groups is 1. The monoisotopic (exact) mass is 458 g/mol. The van der Waals surface area contributed by atoms with Crippen molar-refractivity contribution in [1.29, 1.82) is 0 Å². The second kappa shape index (κ2) is 11.3. The minimum Gasteiger partial charge on any atom is -0.391 e. The lowest BCUT2D eigenvalue weighted by atomic mass is 10.1. The summed E-state index contributed by atoms with van der Waals surface area (Å²) in [5, 5.41) is 25.3. The summed E-state index contributed by atoms with van der Waals surface area (Å²) in [6.07, 6.45) is -0.353.